The monoisotopic (exact) mass is 526 g/mol. The lowest BCUT2D eigenvalue weighted by Crippen LogP contribution is -2.54. The molecule has 8 unspecified atom stereocenters. The maximum atomic E-state index is 11.7. The van der Waals surface area contributed by atoms with Gasteiger partial charge in [-0.25, -0.2) is 0 Å². The van der Waals surface area contributed by atoms with Gasteiger partial charge < -0.3 is 10.2 Å². The molecule has 6 fully saturated rings. The zero-order valence-corrected chi connectivity index (χ0v) is 24.8. The number of aliphatic hydroxyl groups excluding tert-OH is 2. The highest BCUT2D eigenvalue weighted by molar-refractivity contribution is 5.03. The molecule has 0 spiro atoms. The summed E-state index contributed by atoms with van der Waals surface area (Å²) in [5.41, 5.74) is 0. The first-order valence-corrected chi connectivity index (χ1v) is 18.1. The van der Waals surface area contributed by atoms with Crippen molar-refractivity contribution in [1.29, 1.82) is 0 Å². The molecule has 218 valence electrons. The van der Waals surface area contributed by atoms with E-state index < -0.39 is 0 Å². The van der Waals surface area contributed by atoms with Gasteiger partial charge in [0.25, 0.3) is 0 Å². The van der Waals surface area contributed by atoms with E-state index in [0.29, 0.717) is 11.8 Å². The molecule has 0 saturated heterocycles. The highest BCUT2D eigenvalue weighted by Crippen LogP contribution is 2.59. The van der Waals surface area contributed by atoms with Crippen LogP contribution < -0.4 is 0 Å². The van der Waals surface area contributed by atoms with Gasteiger partial charge in [0.05, 0.1) is 12.2 Å². The maximum Gasteiger partial charge on any atom is 0.0574 e. The first kappa shape index (κ1) is 28.1. The Labute approximate surface area is 235 Å². The van der Waals surface area contributed by atoms with Crippen LogP contribution in [0.25, 0.3) is 0 Å². The molecule has 6 saturated carbocycles. The molecule has 0 aromatic rings. The minimum absolute atomic E-state index is 0.0438. The predicted octanol–water partition coefficient (Wildman–Crippen LogP) is 9.31. The largest absolute Gasteiger partial charge is 0.393 e. The van der Waals surface area contributed by atoms with Crippen LogP contribution in [0.15, 0.2) is 0 Å². The van der Waals surface area contributed by atoms with Gasteiger partial charge in [-0.3, -0.25) is 0 Å². The second-order valence-electron chi connectivity index (χ2n) is 15.5. The average Bonchev–Trinajstić information content (AvgIpc) is 2.99. The molecule has 2 nitrogen and oxygen atoms in total. The van der Waals surface area contributed by atoms with E-state index in [1.54, 1.807) is 0 Å². The summed E-state index contributed by atoms with van der Waals surface area (Å²) < 4.78 is 0. The van der Waals surface area contributed by atoms with E-state index in [1.807, 2.05) is 0 Å². The van der Waals surface area contributed by atoms with E-state index >= 15 is 0 Å². The molecule has 0 radical (unpaired) electrons. The van der Waals surface area contributed by atoms with Crippen molar-refractivity contribution in [3.63, 3.8) is 0 Å². The molecule has 0 aliphatic heterocycles. The minimum Gasteiger partial charge on any atom is -0.393 e. The van der Waals surface area contributed by atoms with Gasteiger partial charge in [0.2, 0.25) is 0 Å². The maximum absolute atomic E-state index is 11.7. The fourth-order valence-electron chi connectivity index (χ4n) is 12.2. The summed E-state index contributed by atoms with van der Waals surface area (Å²) in [5.74, 6) is 7.60. The fourth-order valence-corrected chi connectivity index (χ4v) is 12.2. The van der Waals surface area contributed by atoms with Crippen molar-refractivity contribution in [3.8, 4) is 0 Å². The molecule has 6 aliphatic carbocycles. The van der Waals surface area contributed by atoms with E-state index in [4.69, 9.17) is 0 Å². The van der Waals surface area contributed by atoms with Crippen LogP contribution in [-0.2, 0) is 0 Å². The fraction of sp³-hybridized carbons (Fsp3) is 1.00. The molecule has 6 aliphatic rings. The SMILES string of the molecule is OC1CCC(C2CCC(O)C(C3CCCCC3)C2C2CCCCC2)C(C2CCCCC2)C1C1CCCCC1. The van der Waals surface area contributed by atoms with Crippen LogP contribution in [0.2, 0.25) is 0 Å². The van der Waals surface area contributed by atoms with Crippen LogP contribution in [0.5, 0.6) is 0 Å². The van der Waals surface area contributed by atoms with Crippen molar-refractivity contribution < 1.29 is 10.2 Å². The van der Waals surface area contributed by atoms with Gasteiger partial charge in [-0.15, -0.1) is 0 Å². The first-order chi connectivity index (χ1) is 18.7. The van der Waals surface area contributed by atoms with Crippen molar-refractivity contribution in [2.45, 2.75) is 166 Å². The Hall–Kier alpha value is -0.0800. The Morgan fingerprint density at radius 2 is 0.526 bits per heavy atom. The van der Waals surface area contributed by atoms with Gasteiger partial charge in [0.15, 0.2) is 0 Å². The van der Waals surface area contributed by atoms with Crippen LogP contribution in [0.4, 0.5) is 0 Å². The average molecular weight is 527 g/mol. The van der Waals surface area contributed by atoms with Gasteiger partial charge in [-0.05, 0) is 84.9 Å². The van der Waals surface area contributed by atoms with Gasteiger partial charge >= 0.3 is 0 Å². The van der Waals surface area contributed by atoms with E-state index in [9.17, 15) is 10.2 Å². The Balaban J connectivity index is 1.34. The molecule has 38 heavy (non-hydrogen) atoms. The Morgan fingerprint density at radius 1 is 0.263 bits per heavy atom. The smallest absolute Gasteiger partial charge is 0.0574 e. The van der Waals surface area contributed by atoms with Crippen LogP contribution in [0.1, 0.15) is 154 Å². The lowest BCUT2D eigenvalue weighted by molar-refractivity contribution is -0.129. The second-order valence-corrected chi connectivity index (χ2v) is 15.5. The minimum atomic E-state index is -0.0438. The Bertz CT molecular complexity index is 636. The van der Waals surface area contributed by atoms with Crippen molar-refractivity contribution >= 4 is 0 Å². The number of rotatable bonds is 5. The van der Waals surface area contributed by atoms with Gasteiger partial charge in [-0.1, -0.05) is 128 Å². The van der Waals surface area contributed by atoms with Gasteiger partial charge in [0.1, 0.15) is 0 Å². The molecule has 0 bridgehead atoms. The highest BCUT2D eigenvalue weighted by atomic mass is 16.3. The summed E-state index contributed by atoms with van der Waals surface area (Å²) in [6, 6.07) is 0. The van der Waals surface area contributed by atoms with Crippen LogP contribution >= 0.6 is 0 Å². The number of aliphatic hydroxyl groups is 2. The van der Waals surface area contributed by atoms with Crippen molar-refractivity contribution in [2.75, 3.05) is 0 Å². The first-order valence-electron chi connectivity index (χ1n) is 18.1. The lowest BCUT2D eigenvalue weighted by Gasteiger charge is -2.57. The Morgan fingerprint density at radius 3 is 0.816 bits per heavy atom. The van der Waals surface area contributed by atoms with Crippen molar-refractivity contribution in [2.24, 2.45) is 59.2 Å². The lowest BCUT2D eigenvalue weighted by atomic mass is 9.49. The second kappa shape index (κ2) is 13.3. The molecular weight excluding hydrogens is 464 g/mol. The van der Waals surface area contributed by atoms with E-state index in [1.165, 1.54) is 141 Å². The van der Waals surface area contributed by atoms with Crippen molar-refractivity contribution in [1.82, 2.24) is 0 Å². The van der Waals surface area contributed by atoms with E-state index in [-0.39, 0.29) is 12.2 Å². The van der Waals surface area contributed by atoms with Crippen LogP contribution in [0.3, 0.4) is 0 Å². The van der Waals surface area contributed by atoms with Crippen LogP contribution in [0, 0.1) is 59.2 Å². The standard InChI is InChI=1S/C36H62O2/c37-31-23-21-29(33(25-13-5-1-6-14-25)35(31)27-17-9-3-10-18-27)30-22-24-32(38)36(28-19-11-4-12-20-28)34(30)26-15-7-2-8-16-26/h25-38H,1-24H2. The molecule has 2 N–H and O–H groups in total. The van der Waals surface area contributed by atoms with Gasteiger partial charge in [-0.2, -0.15) is 0 Å². The zero-order valence-electron chi connectivity index (χ0n) is 24.8. The summed E-state index contributed by atoms with van der Waals surface area (Å²) in [4.78, 5) is 0. The molecule has 0 heterocycles. The summed E-state index contributed by atoms with van der Waals surface area (Å²) in [6.07, 6.45) is 33.0. The van der Waals surface area contributed by atoms with E-state index in [2.05, 4.69) is 0 Å². The molecular formula is C36H62O2. The zero-order chi connectivity index (χ0) is 25.9. The third-order valence-corrected chi connectivity index (χ3v) is 13.7. The quantitative estimate of drug-likeness (QED) is 0.375. The van der Waals surface area contributed by atoms with Crippen molar-refractivity contribution in [3.05, 3.63) is 0 Å². The summed E-state index contributed by atoms with van der Waals surface area (Å²) in [7, 11) is 0. The Kier molecular flexibility index (Phi) is 9.80. The molecule has 2 heteroatoms. The predicted molar refractivity (Wildman–Crippen MR) is 158 cm³/mol. The molecule has 0 amide bonds. The third-order valence-electron chi connectivity index (χ3n) is 13.7. The summed E-state index contributed by atoms with van der Waals surface area (Å²) in [6.45, 7) is 0. The summed E-state index contributed by atoms with van der Waals surface area (Å²) in [5, 5.41) is 23.4. The highest BCUT2D eigenvalue weighted by Gasteiger charge is 2.54. The third kappa shape index (κ3) is 5.93. The molecule has 0 aromatic carbocycles. The summed E-state index contributed by atoms with van der Waals surface area (Å²) >= 11 is 0. The molecule has 0 aromatic heterocycles. The van der Waals surface area contributed by atoms with Crippen LogP contribution in [-0.4, -0.2) is 22.4 Å². The number of hydrogen-bond donors (Lipinski definition) is 2. The normalized spacial score (nSPS) is 43.7. The number of hydrogen-bond acceptors (Lipinski definition) is 2. The molecule has 8 atom stereocenters. The topological polar surface area (TPSA) is 40.5 Å². The van der Waals surface area contributed by atoms with Gasteiger partial charge in [0, 0.05) is 0 Å². The molecule has 6 rings (SSSR count). The van der Waals surface area contributed by atoms with E-state index in [0.717, 1.165) is 60.2 Å².